The van der Waals surface area contributed by atoms with Gasteiger partial charge in [-0.2, -0.15) is 0 Å². The molecule has 0 N–H and O–H groups in total. The number of hydrogen-bond donors (Lipinski definition) is 0. The maximum atomic E-state index is 11.6. The van der Waals surface area contributed by atoms with Crippen molar-refractivity contribution in [3.05, 3.63) is 26.2 Å². The first kappa shape index (κ1) is 15.7. The number of halogens is 5. The fourth-order valence-electron chi connectivity index (χ4n) is 0.923. The van der Waals surface area contributed by atoms with Gasteiger partial charge in [0.2, 0.25) is 0 Å². The summed E-state index contributed by atoms with van der Waals surface area (Å²) < 4.78 is 21.3. The Kier molecular flexibility index (Phi) is 5.74. The molecule has 0 bridgehead atoms. The molecule has 3 nitrogen and oxygen atoms in total. The van der Waals surface area contributed by atoms with E-state index in [2.05, 4.69) is 0 Å². The number of rotatable bonds is 4. The second kappa shape index (κ2) is 6.21. The van der Waals surface area contributed by atoms with Gasteiger partial charge in [0.05, 0.1) is 21.7 Å². The molecule has 0 amide bonds. The first-order chi connectivity index (χ1) is 7.78. The lowest BCUT2D eigenvalue weighted by Gasteiger charge is -2.15. The minimum atomic E-state index is -3.80. The SMILES string of the molecule is CCOP(=O)(Cl)Oc1c(Cl)cc(Cl)c(Cl)c1Cl. The molecule has 9 heteroatoms. The van der Waals surface area contributed by atoms with Gasteiger partial charge >= 0.3 is 6.95 Å². The Labute approximate surface area is 123 Å². The second-order valence-corrected chi connectivity index (χ2v) is 6.85. The minimum absolute atomic E-state index is 0.0286. The van der Waals surface area contributed by atoms with Crippen LogP contribution < -0.4 is 4.52 Å². The summed E-state index contributed by atoms with van der Waals surface area (Å²) in [5, 5.41) is 0.130. The Morgan fingerprint density at radius 1 is 1.18 bits per heavy atom. The van der Waals surface area contributed by atoms with E-state index in [1.54, 1.807) is 6.92 Å². The lowest BCUT2D eigenvalue weighted by Crippen LogP contribution is -1.94. The van der Waals surface area contributed by atoms with Crippen LogP contribution in [0, 0.1) is 0 Å². The molecule has 0 radical (unpaired) electrons. The molecule has 0 aliphatic rings. The summed E-state index contributed by atoms with van der Waals surface area (Å²) >= 11 is 28.7. The van der Waals surface area contributed by atoms with Crippen LogP contribution in [0.1, 0.15) is 6.92 Å². The highest BCUT2D eigenvalue weighted by atomic mass is 35.7. The van der Waals surface area contributed by atoms with Crippen molar-refractivity contribution < 1.29 is 13.6 Å². The van der Waals surface area contributed by atoms with Gasteiger partial charge in [0, 0.05) is 11.2 Å². The Morgan fingerprint density at radius 3 is 2.29 bits per heavy atom. The predicted molar refractivity (Wildman–Crippen MR) is 72.2 cm³/mol. The van der Waals surface area contributed by atoms with Gasteiger partial charge in [-0.1, -0.05) is 46.4 Å². The van der Waals surface area contributed by atoms with E-state index >= 15 is 0 Å². The second-order valence-electron chi connectivity index (χ2n) is 2.74. The normalized spacial score (nSPS) is 14.5. The molecule has 0 aromatic heterocycles. The molecule has 0 aliphatic heterocycles. The summed E-state index contributed by atoms with van der Waals surface area (Å²) in [6.07, 6.45) is 0. The van der Waals surface area contributed by atoms with Crippen molar-refractivity contribution in [2.45, 2.75) is 6.92 Å². The highest BCUT2D eigenvalue weighted by Gasteiger charge is 2.26. The van der Waals surface area contributed by atoms with E-state index in [9.17, 15) is 4.57 Å². The van der Waals surface area contributed by atoms with E-state index in [-0.39, 0.29) is 32.4 Å². The van der Waals surface area contributed by atoms with E-state index in [1.165, 1.54) is 6.07 Å². The third kappa shape index (κ3) is 4.07. The molecule has 0 heterocycles. The van der Waals surface area contributed by atoms with Crippen molar-refractivity contribution in [3.63, 3.8) is 0 Å². The zero-order valence-electron chi connectivity index (χ0n) is 8.35. The van der Waals surface area contributed by atoms with Crippen molar-refractivity contribution in [2.24, 2.45) is 0 Å². The summed E-state index contributed by atoms with van der Waals surface area (Å²) in [6, 6.07) is 1.30. The molecule has 1 aromatic rings. The fourth-order valence-corrected chi connectivity index (χ4v) is 3.28. The van der Waals surface area contributed by atoms with Crippen LogP contribution in [0.25, 0.3) is 0 Å². The molecule has 1 rings (SSSR count). The average molecular weight is 358 g/mol. The molecule has 0 aliphatic carbocycles. The third-order valence-corrected chi connectivity index (χ3v) is 4.55. The average Bonchev–Trinajstić information content (AvgIpc) is 2.21. The Balaban J connectivity index is 3.16. The molecule has 0 fully saturated rings. The van der Waals surface area contributed by atoms with Gasteiger partial charge in [-0.05, 0) is 13.0 Å². The molecule has 0 saturated carbocycles. The van der Waals surface area contributed by atoms with Crippen LogP contribution in [0.4, 0.5) is 0 Å². The third-order valence-electron chi connectivity index (χ3n) is 1.56. The summed E-state index contributed by atoms with van der Waals surface area (Å²) in [4.78, 5) is 0. The Morgan fingerprint density at radius 2 is 1.76 bits per heavy atom. The monoisotopic (exact) mass is 356 g/mol. The molecule has 1 atom stereocenters. The Hall–Kier alpha value is 0.660. The molecular weight excluding hydrogens is 352 g/mol. The van der Waals surface area contributed by atoms with Crippen molar-refractivity contribution >= 4 is 64.6 Å². The first-order valence-electron chi connectivity index (χ1n) is 4.25. The minimum Gasteiger partial charge on any atom is -0.410 e. The summed E-state index contributed by atoms with van der Waals surface area (Å²) in [5.74, 6) is -0.130. The standard InChI is InChI=1S/C8H6Cl5O3P/c1-2-15-17(13,14)16-8-5(10)3-4(9)6(11)7(8)12/h3H,2H2,1H3. The van der Waals surface area contributed by atoms with Gasteiger partial charge in [0.1, 0.15) is 5.02 Å². The zero-order chi connectivity index (χ0) is 13.2. The maximum absolute atomic E-state index is 11.6. The molecule has 17 heavy (non-hydrogen) atoms. The van der Waals surface area contributed by atoms with Crippen molar-refractivity contribution in [1.29, 1.82) is 0 Å². The van der Waals surface area contributed by atoms with Gasteiger partial charge in [0.25, 0.3) is 0 Å². The van der Waals surface area contributed by atoms with Gasteiger partial charge < -0.3 is 4.52 Å². The highest BCUT2D eigenvalue weighted by Crippen LogP contribution is 2.57. The summed E-state index contributed by atoms with van der Waals surface area (Å²) in [7, 11) is 0. The Bertz CT molecular complexity index is 479. The lowest BCUT2D eigenvalue weighted by atomic mass is 10.3. The van der Waals surface area contributed by atoms with Crippen LogP contribution in [0.15, 0.2) is 6.07 Å². The summed E-state index contributed by atoms with van der Waals surface area (Å²) in [6.45, 7) is -2.09. The van der Waals surface area contributed by atoms with Gasteiger partial charge in [-0.25, -0.2) is 4.57 Å². The summed E-state index contributed by atoms with van der Waals surface area (Å²) in [5.41, 5.74) is 0. The van der Waals surface area contributed by atoms with Gasteiger partial charge in [0.15, 0.2) is 5.75 Å². The van der Waals surface area contributed by atoms with Crippen molar-refractivity contribution in [2.75, 3.05) is 6.61 Å². The highest BCUT2D eigenvalue weighted by molar-refractivity contribution is 7.81. The van der Waals surface area contributed by atoms with Crippen molar-refractivity contribution in [3.8, 4) is 5.75 Å². The molecular formula is C8H6Cl5O3P. The van der Waals surface area contributed by atoms with Crippen LogP contribution in [0.3, 0.4) is 0 Å². The fraction of sp³-hybridized carbons (Fsp3) is 0.250. The molecule has 96 valence electrons. The van der Waals surface area contributed by atoms with Crippen LogP contribution in [-0.2, 0) is 9.09 Å². The molecule has 0 spiro atoms. The van der Waals surface area contributed by atoms with E-state index in [0.717, 1.165) is 0 Å². The van der Waals surface area contributed by atoms with E-state index in [4.69, 9.17) is 66.7 Å². The largest absolute Gasteiger partial charge is 0.476 e. The quantitative estimate of drug-likeness (QED) is 0.373. The maximum Gasteiger partial charge on any atom is 0.476 e. The number of hydrogen-bond acceptors (Lipinski definition) is 3. The van der Waals surface area contributed by atoms with Crippen molar-refractivity contribution in [1.82, 2.24) is 0 Å². The van der Waals surface area contributed by atoms with E-state index in [0.29, 0.717) is 0 Å². The van der Waals surface area contributed by atoms with Gasteiger partial charge in [-0.3, -0.25) is 4.52 Å². The smallest absolute Gasteiger partial charge is 0.410 e. The lowest BCUT2D eigenvalue weighted by molar-refractivity contribution is 0.295. The van der Waals surface area contributed by atoms with Crippen LogP contribution in [0.5, 0.6) is 5.75 Å². The van der Waals surface area contributed by atoms with Crippen LogP contribution in [-0.4, -0.2) is 6.61 Å². The van der Waals surface area contributed by atoms with Crippen LogP contribution in [0.2, 0.25) is 20.1 Å². The van der Waals surface area contributed by atoms with E-state index in [1.807, 2.05) is 0 Å². The molecule has 1 unspecified atom stereocenters. The molecule has 0 saturated heterocycles. The topological polar surface area (TPSA) is 35.5 Å². The van der Waals surface area contributed by atoms with Crippen LogP contribution >= 0.6 is 64.6 Å². The van der Waals surface area contributed by atoms with E-state index < -0.39 is 6.95 Å². The predicted octanol–water partition coefficient (Wildman–Crippen LogP) is 6.06. The number of benzene rings is 1. The zero-order valence-corrected chi connectivity index (χ0v) is 13.0. The van der Waals surface area contributed by atoms with Gasteiger partial charge in [-0.15, -0.1) is 0 Å². The molecule has 1 aromatic carbocycles. The first-order valence-corrected chi connectivity index (χ1v) is 8.21.